The highest BCUT2D eigenvalue weighted by Gasteiger charge is 2.19. The van der Waals surface area contributed by atoms with Gasteiger partial charge in [-0.3, -0.25) is 9.59 Å². The Morgan fingerprint density at radius 3 is 2.29 bits per heavy atom. The molecule has 0 aliphatic rings. The lowest BCUT2D eigenvalue weighted by atomic mass is 10.2. The molecular formula is C13H18N2O5S. The lowest BCUT2D eigenvalue weighted by Gasteiger charge is -2.11. The van der Waals surface area contributed by atoms with Crippen molar-refractivity contribution < 1.29 is 22.7 Å². The van der Waals surface area contributed by atoms with Crippen LogP contribution in [0.5, 0.6) is 0 Å². The molecule has 8 heteroatoms. The molecule has 0 saturated heterocycles. The van der Waals surface area contributed by atoms with E-state index >= 15 is 0 Å². The Bertz CT molecular complexity index is 610. The minimum Gasteiger partial charge on any atom is -0.469 e. The van der Waals surface area contributed by atoms with Crippen LogP contribution in [-0.4, -0.2) is 33.9 Å². The number of hydrogen-bond donors (Lipinski definition) is 2. The van der Waals surface area contributed by atoms with Crippen molar-refractivity contribution in [1.29, 1.82) is 0 Å². The van der Waals surface area contributed by atoms with Crippen LogP contribution < -0.4 is 10.0 Å². The normalized spacial score (nSPS) is 12.5. The number of nitrogens with one attached hydrogen (secondary N) is 2. The number of anilines is 1. The van der Waals surface area contributed by atoms with E-state index in [0.29, 0.717) is 5.69 Å². The molecule has 1 aromatic carbocycles. The van der Waals surface area contributed by atoms with Gasteiger partial charge in [0.25, 0.3) is 0 Å². The maximum Gasteiger partial charge on any atom is 0.309 e. The van der Waals surface area contributed by atoms with Crippen molar-refractivity contribution in [2.75, 3.05) is 19.0 Å². The summed E-state index contributed by atoms with van der Waals surface area (Å²) < 4.78 is 30.9. The molecule has 0 aromatic heterocycles. The summed E-state index contributed by atoms with van der Waals surface area (Å²) >= 11 is 0. The second-order valence-corrected chi connectivity index (χ2v) is 6.25. The molecule has 116 valence electrons. The molecule has 0 heterocycles. The van der Waals surface area contributed by atoms with E-state index in [1.54, 1.807) is 6.92 Å². The topological polar surface area (TPSA) is 102 Å². The first-order valence-electron chi connectivity index (χ1n) is 6.21. The third-order valence-electron chi connectivity index (χ3n) is 2.67. The van der Waals surface area contributed by atoms with Crippen molar-refractivity contribution in [1.82, 2.24) is 4.72 Å². The van der Waals surface area contributed by atoms with Crippen LogP contribution in [0.1, 0.15) is 13.8 Å². The van der Waals surface area contributed by atoms with Gasteiger partial charge in [-0.15, -0.1) is 0 Å². The maximum atomic E-state index is 12.0. The number of hydrogen-bond acceptors (Lipinski definition) is 5. The van der Waals surface area contributed by atoms with E-state index in [0.717, 1.165) is 0 Å². The molecule has 1 unspecified atom stereocenters. The molecule has 0 spiro atoms. The number of esters is 1. The van der Waals surface area contributed by atoms with Gasteiger partial charge >= 0.3 is 5.97 Å². The van der Waals surface area contributed by atoms with Crippen LogP contribution in [0.3, 0.4) is 0 Å². The molecule has 2 N–H and O–H groups in total. The Kier molecular flexibility index (Phi) is 5.86. The van der Waals surface area contributed by atoms with Crippen LogP contribution in [0.15, 0.2) is 29.2 Å². The second-order valence-electron chi connectivity index (χ2n) is 4.48. The quantitative estimate of drug-likeness (QED) is 0.754. The predicted molar refractivity (Wildman–Crippen MR) is 77.1 cm³/mol. The number of carbonyl (C=O) groups excluding carboxylic acids is 2. The molecule has 0 radical (unpaired) electrons. The van der Waals surface area contributed by atoms with Gasteiger partial charge in [0.15, 0.2) is 0 Å². The van der Waals surface area contributed by atoms with Crippen LogP contribution in [0, 0.1) is 5.92 Å². The van der Waals surface area contributed by atoms with Gasteiger partial charge in [-0.05, 0) is 24.3 Å². The fraction of sp³-hybridized carbons (Fsp3) is 0.385. The molecule has 7 nitrogen and oxygen atoms in total. The summed E-state index contributed by atoms with van der Waals surface area (Å²) in [4.78, 5) is 22.1. The van der Waals surface area contributed by atoms with Gasteiger partial charge in [-0.25, -0.2) is 13.1 Å². The number of amides is 1. The molecule has 0 aliphatic heterocycles. The number of benzene rings is 1. The summed E-state index contributed by atoms with van der Waals surface area (Å²) in [5, 5.41) is 2.54. The molecule has 0 saturated carbocycles. The maximum absolute atomic E-state index is 12.0. The molecule has 0 fully saturated rings. The van der Waals surface area contributed by atoms with Gasteiger partial charge in [-0.2, -0.15) is 0 Å². The third-order valence-corrected chi connectivity index (χ3v) is 4.11. The Morgan fingerprint density at radius 2 is 1.81 bits per heavy atom. The zero-order valence-corrected chi connectivity index (χ0v) is 12.9. The average molecular weight is 314 g/mol. The molecule has 1 amide bonds. The Morgan fingerprint density at radius 1 is 1.24 bits per heavy atom. The van der Waals surface area contributed by atoms with Gasteiger partial charge in [0.05, 0.1) is 17.9 Å². The lowest BCUT2D eigenvalue weighted by molar-refractivity contribution is -0.144. The molecule has 0 bridgehead atoms. The fourth-order valence-corrected chi connectivity index (χ4v) is 2.65. The van der Waals surface area contributed by atoms with Crippen LogP contribution in [0.4, 0.5) is 5.69 Å². The van der Waals surface area contributed by atoms with E-state index in [4.69, 9.17) is 0 Å². The smallest absolute Gasteiger partial charge is 0.309 e. The number of rotatable bonds is 6. The van der Waals surface area contributed by atoms with Crippen molar-refractivity contribution in [2.45, 2.75) is 18.7 Å². The van der Waals surface area contributed by atoms with Crippen molar-refractivity contribution in [3.05, 3.63) is 24.3 Å². The molecule has 1 rings (SSSR count). The van der Waals surface area contributed by atoms with E-state index in [2.05, 4.69) is 14.8 Å². The fourth-order valence-electron chi connectivity index (χ4n) is 1.52. The molecule has 1 atom stereocenters. The van der Waals surface area contributed by atoms with E-state index in [1.807, 2.05) is 0 Å². The second kappa shape index (κ2) is 7.19. The van der Waals surface area contributed by atoms with Gasteiger partial charge < -0.3 is 10.1 Å². The highest BCUT2D eigenvalue weighted by molar-refractivity contribution is 7.89. The van der Waals surface area contributed by atoms with Gasteiger partial charge in [0, 0.05) is 19.2 Å². The number of methoxy groups -OCH3 is 1. The zero-order valence-electron chi connectivity index (χ0n) is 12.0. The predicted octanol–water partition coefficient (Wildman–Crippen LogP) is 0.732. The highest BCUT2D eigenvalue weighted by atomic mass is 32.2. The molecular weight excluding hydrogens is 296 g/mol. The van der Waals surface area contributed by atoms with Crippen molar-refractivity contribution in [3.63, 3.8) is 0 Å². The van der Waals surface area contributed by atoms with Crippen molar-refractivity contribution in [3.8, 4) is 0 Å². The van der Waals surface area contributed by atoms with Crippen LogP contribution in [0.25, 0.3) is 0 Å². The SMILES string of the molecule is COC(=O)C(C)CNS(=O)(=O)c1ccc(NC(C)=O)cc1. The van der Waals surface area contributed by atoms with Gasteiger partial charge in [0.2, 0.25) is 15.9 Å². The van der Waals surface area contributed by atoms with Crippen LogP contribution >= 0.6 is 0 Å². The summed E-state index contributed by atoms with van der Waals surface area (Å²) in [5.74, 6) is -1.31. The average Bonchev–Trinajstić information content (AvgIpc) is 2.44. The summed E-state index contributed by atoms with van der Waals surface area (Å²) in [5.41, 5.74) is 0.504. The number of ether oxygens (including phenoxy) is 1. The summed E-state index contributed by atoms with van der Waals surface area (Å²) in [7, 11) is -2.47. The number of sulfonamides is 1. The van der Waals surface area contributed by atoms with E-state index < -0.39 is 21.9 Å². The Hall–Kier alpha value is -1.93. The standard InChI is InChI=1S/C13H18N2O5S/c1-9(13(17)20-3)8-14-21(18,19)12-6-4-11(5-7-12)15-10(2)16/h4-7,9,14H,8H2,1-3H3,(H,15,16). The molecule has 0 aliphatic carbocycles. The summed E-state index contributed by atoms with van der Waals surface area (Å²) in [6, 6.07) is 5.71. The Balaban J connectivity index is 2.74. The first-order chi connectivity index (χ1) is 9.76. The van der Waals surface area contributed by atoms with E-state index in [9.17, 15) is 18.0 Å². The largest absolute Gasteiger partial charge is 0.469 e. The lowest BCUT2D eigenvalue weighted by Crippen LogP contribution is -2.32. The minimum atomic E-state index is -3.71. The summed E-state index contributed by atoms with van der Waals surface area (Å²) in [6.07, 6.45) is 0. The first kappa shape index (κ1) is 17.1. The third kappa shape index (κ3) is 5.16. The monoisotopic (exact) mass is 314 g/mol. The van der Waals surface area contributed by atoms with E-state index in [-0.39, 0.29) is 17.3 Å². The van der Waals surface area contributed by atoms with Crippen LogP contribution in [-0.2, 0) is 24.3 Å². The highest BCUT2D eigenvalue weighted by Crippen LogP contribution is 2.14. The van der Waals surface area contributed by atoms with Gasteiger partial charge in [0.1, 0.15) is 0 Å². The van der Waals surface area contributed by atoms with Gasteiger partial charge in [-0.1, -0.05) is 6.92 Å². The minimum absolute atomic E-state index is 0.0497. The number of carbonyl (C=O) groups is 2. The first-order valence-corrected chi connectivity index (χ1v) is 7.69. The zero-order chi connectivity index (χ0) is 16.0. The Labute approximate surface area is 123 Å². The van der Waals surface area contributed by atoms with Crippen molar-refractivity contribution in [2.24, 2.45) is 5.92 Å². The van der Waals surface area contributed by atoms with Crippen LogP contribution in [0.2, 0.25) is 0 Å². The van der Waals surface area contributed by atoms with Crippen molar-refractivity contribution >= 4 is 27.6 Å². The summed E-state index contributed by atoms with van der Waals surface area (Å²) in [6.45, 7) is 2.87. The molecule has 1 aromatic rings. The molecule has 21 heavy (non-hydrogen) atoms. The van der Waals surface area contributed by atoms with E-state index in [1.165, 1.54) is 38.3 Å².